The summed E-state index contributed by atoms with van der Waals surface area (Å²) in [7, 11) is 1.60. The van der Waals surface area contributed by atoms with Crippen molar-refractivity contribution in [2.75, 3.05) is 7.11 Å². The molecule has 8 nitrogen and oxygen atoms in total. The van der Waals surface area contributed by atoms with Gasteiger partial charge < -0.3 is 9.47 Å². The molecule has 1 N–H and O–H groups in total. The Bertz CT molecular complexity index is 1380. The molecule has 4 rings (SSSR count). The van der Waals surface area contributed by atoms with Gasteiger partial charge in [0, 0.05) is 19.5 Å². The molecule has 0 unspecified atom stereocenters. The van der Waals surface area contributed by atoms with E-state index in [2.05, 4.69) is 10.1 Å². The molecule has 0 saturated heterocycles. The summed E-state index contributed by atoms with van der Waals surface area (Å²) in [4.78, 5) is 34.5. The van der Waals surface area contributed by atoms with Crippen LogP contribution in [-0.4, -0.2) is 33.6 Å². The molecule has 178 valence electrons. The minimum absolute atomic E-state index is 0.0705. The van der Waals surface area contributed by atoms with Gasteiger partial charge in [-0.15, -0.1) is 0 Å². The average Bonchev–Trinajstić information content (AvgIpc) is 3.16. The van der Waals surface area contributed by atoms with Gasteiger partial charge in [0.05, 0.1) is 31.6 Å². The second-order valence-electron chi connectivity index (χ2n) is 7.90. The summed E-state index contributed by atoms with van der Waals surface area (Å²) in [6.45, 7) is 1.85. The number of methoxy groups -OCH3 is 1. The Hall–Kier alpha value is -4.46. The summed E-state index contributed by atoms with van der Waals surface area (Å²) < 4.78 is 12.2. The van der Waals surface area contributed by atoms with Gasteiger partial charge in [0.15, 0.2) is 0 Å². The SMILES string of the molecule is COc1cccc(CC(=NCc2ccccn2)c2c(OC(C)=O)[nH]n(Cc3ccccc3)c2=O)c1. The van der Waals surface area contributed by atoms with Crippen molar-refractivity contribution in [3.63, 3.8) is 0 Å². The van der Waals surface area contributed by atoms with Crippen LogP contribution >= 0.6 is 0 Å². The van der Waals surface area contributed by atoms with Gasteiger partial charge in [-0.1, -0.05) is 48.5 Å². The third kappa shape index (κ3) is 6.11. The Morgan fingerprint density at radius 2 is 1.80 bits per heavy atom. The number of carbonyl (C=O) groups is 1. The molecule has 0 bridgehead atoms. The van der Waals surface area contributed by atoms with Crippen molar-refractivity contribution >= 4 is 11.7 Å². The maximum absolute atomic E-state index is 13.6. The Labute approximate surface area is 202 Å². The van der Waals surface area contributed by atoms with Crippen molar-refractivity contribution in [2.24, 2.45) is 4.99 Å². The molecule has 0 aliphatic carbocycles. The molecule has 0 amide bonds. The standard InChI is InChI=1S/C27H26N4O4/c1-19(32)35-26-25(27(33)31(30-26)18-20-9-4-3-5-10-20)24(29-17-22-12-6-7-14-28-22)16-21-11-8-13-23(15-21)34-2/h3-15,30H,16-18H2,1-2H3. The third-order valence-electron chi connectivity index (χ3n) is 5.30. The molecule has 8 heteroatoms. The lowest BCUT2D eigenvalue weighted by molar-refractivity contribution is -0.132. The van der Waals surface area contributed by atoms with Gasteiger partial charge in [-0.2, -0.15) is 0 Å². The van der Waals surface area contributed by atoms with Crippen LogP contribution in [0.25, 0.3) is 0 Å². The molecule has 2 aromatic heterocycles. The zero-order chi connectivity index (χ0) is 24.6. The zero-order valence-corrected chi connectivity index (χ0v) is 19.6. The first-order valence-corrected chi connectivity index (χ1v) is 11.1. The molecular weight excluding hydrogens is 444 g/mol. The molecule has 0 saturated carbocycles. The Morgan fingerprint density at radius 3 is 2.51 bits per heavy atom. The number of ether oxygens (including phenoxy) is 2. The number of benzene rings is 2. The molecule has 2 heterocycles. The van der Waals surface area contributed by atoms with Crippen LogP contribution in [0.1, 0.15) is 29.3 Å². The number of nitrogens with one attached hydrogen (secondary N) is 1. The van der Waals surface area contributed by atoms with Crippen LogP contribution in [-0.2, 0) is 24.3 Å². The fraction of sp³-hybridized carbons (Fsp3) is 0.185. The summed E-state index contributed by atoms with van der Waals surface area (Å²) in [5.74, 6) is 0.230. The molecule has 4 aromatic rings. The number of pyridine rings is 1. The molecule has 0 fully saturated rings. The maximum Gasteiger partial charge on any atom is 0.309 e. The van der Waals surface area contributed by atoms with E-state index in [0.29, 0.717) is 24.4 Å². The number of carbonyl (C=O) groups excluding carboxylic acids is 1. The normalized spacial score (nSPS) is 11.3. The predicted molar refractivity (Wildman–Crippen MR) is 133 cm³/mol. The lowest BCUT2D eigenvalue weighted by atomic mass is 10.0. The van der Waals surface area contributed by atoms with Crippen molar-refractivity contribution < 1.29 is 14.3 Å². The third-order valence-corrected chi connectivity index (χ3v) is 5.30. The highest BCUT2D eigenvalue weighted by atomic mass is 16.5. The number of aromatic nitrogens is 3. The highest BCUT2D eigenvalue weighted by Crippen LogP contribution is 2.20. The number of hydrogen-bond acceptors (Lipinski definition) is 6. The first-order valence-electron chi connectivity index (χ1n) is 11.1. The van der Waals surface area contributed by atoms with Crippen molar-refractivity contribution in [3.05, 3.63) is 112 Å². The first-order chi connectivity index (χ1) is 17.0. The van der Waals surface area contributed by atoms with E-state index in [9.17, 15) is 9.59 Å². The lowest BCUT2D eigenvalue weighted by Crippen LogP contribution is -2.23. The number of hydrogen-bond donors (Lipinski definition) is 1. The van der Waals surface area contributed by atoms with E-state index in [-0.39, 0.29) is 23.5 Å². The van der Waals surface area contributed by atoms with Crippen LogP contribution in [0.3, 0.4) is 0 Å². The number of esters is 1. The van der Waals surface area contributed by atoms with E-state index in [1.54, 1.807) is 13.3 Å². The second-order valence-corrected chi connectivity index (χ2v) is 7.90. The molecule has 0 aliphatic rings. The summed E-state index contributed by atoms with van der Waals surface area (Å²) in [5.41, 5.74) is 2.95. The summed E-state index contributed by atoms with van der Waals surface area (Å²) in [6.07, 6.45) is 2.02. The van der Waals surface area contributed by atoms with Crippen LogP contribution in [0.2, 0.25) is 0 Å². The lowest BCUT2D eigenvalue weighted by Gasteiger charge is -2.09. The Kier molecular flexibility index (Phi) is 7.52. The smallest absolute Gasteiger partial charge is 0.309 e. The number of nitrogens with zero attached hydrogens (tertiary/aromatic N) is 3. The largest absolute Gasteiger partial charge is 0.497 e. The average molecular weight is 471 g/mol. The van der Waals surface area contributed by atoms with E-state index < -0.39 is 5.97 Å². The van der Waals surface area contributed by atoms with Gasteiger partial charge >= 0.3 is 5.97 Å². The number of aliphatic imine (C=N–C) groups is 1. The van der Waals surface area contributed by atoms with Gasteiger partial charge in [-0.25, -0.2) is 4.68 Å². The van der Waals surface area contributed by atoms with Crippen molar-refractivity contribution in [2.45, 2.75) is 26.4 Å². The van der Waals surface area contributed by atoms with Gasteiger partial charge in [0.2, 0.25) is 5.88 Å². The van der Waals surface area contributed by atoms with Crippen LogP contribution in [0.15, 0.2) is 88.8 Å². The number of aromatic amines is 1. The monoisotopic (exact) mass is 470 g/mol. The molecule has 0 atom stereocenters. The summed E-state index contributed by atoms with van der Waals surface area (Å²) in [6, 6.07) is 22.7. The molecule has 35 heavy (non-hydrogen) atoms. The fourth-order valence-electron chi connectivity index (χ4n) is 3.68. The topological polar surface area (TPSA) is 98.6 Å². The first kappa shape index (κ1) is 23.7. The minimum atomic E-state index is -0.537. The van der Waals surface area contributed by atoms with Gasteiger partial charge in [-0.05, 0) is 35.4 Å². The Balaban J connectivity index is 1.79. The van der Waals surface area contributed by atoms with E-state index in [4.69, 9.17) is 14.5 Å². The maximum atomic E-state index is 13.6. The van der Waals surface area contributed by atoms with Crippen LogP contribution < -0.4 is 15.0 Å². The molecule has 0 spiro atoms. The highest BCUT2D eigenvalue weighted by Gasteiger charge is 2.23. The van der Waals surface area contributed by atoms with Gasteiger partial charge in [0.25, 0.3) is 5.56 Å². The van der Waals surface area contributed by atoms with Gasteiger partial charge in [-0.3, -0.25) is 24.7 Å². The minimum Gasteiger partial charge on any atom is -0.497 e. The van der Waals surface area contributed by atoms with E-state index in [1.165, 1.54) is 11.6 Å². The molecule has 0 aliphatic heterocycles. The second kappa shape index (κ2) is 11.1. The van der Waals surface area contributed by atoms with E-state index >= 15 is 0 Å². The van der Waals surface area contributed by atoms with Crippen LogP contribution in [0, 0.1) is 0 Å². The van der Waals surface area contributed by atoms with Crippen LogP contribution in [0.5, 0.6) is 11.6 Å². The van der Waals surface area contributed by atoms with Crippen molar-refractivity contribution in [3.8, 4) is 11.6 Å². The summed E-state index contributed by atoms with van der Waals surface area (Å²) >= 11 is 0. The van der Waals surface area contributed by atoms with Crippen molar-refractivity contribution in [1.29, 1.82) is 0 Å². The molecule has 0 radical (unpaired) electrons. The van der Waals surface area contributed by atoms with Gasteiger partial charge in [0.1, 0.15) is 11.3 Å². The Morgan fingerprint density at radius 1 is 1.03 bits per heavy atom. The fourth-order valence-corrected chi connectivity index (χ4v) is 3.68. The number of H-pyrrole nitrogens is 1. The highest BCUT2D eigenvalue weighted by molar-refractivity contribution is 6.04. The van der Waals surface area contributed by atoms with Crippen molar-refractivity contribution in [1.82, 2.24) is 14.8 Å². The van der Waals surface area contributed by atoms with E-state index in [1.807, 2.05) is 72.8 Å². The quantitative estimate of drug-likeness (QED) is 0.296. The van der Waals surface area contributed by atoms with Crippen LogP contribution in [0.4, 0.5) is 0 Å². The summed E-state index contributed by atoms with van der Waals surface area (Å²) in [5, 5.41) is 2.96. The zero-order valence-electron chi connectivity index (χ0n) is 19.6. The van der Waals surface area contributed by atoms with E-state index in [0.717, 1.165) is 16.8 Å². The molecular formula is C27H26N4O4. The predicted octanol–water partition coefficient (Wildman–Crippen LogP) is 3.79. The molecule has 2 aromatic carbocycles. The number of rotatable bonds is 9.